The van der Waals surface area contributed by atoms with Crippen LogP contribution >= 0.6 is 0 Å². The molecule has 0 aliphatic carbocycles. The third-order valence-electron chi connectivity index (χ3n) is 4.54. The summed E-state index contributed by atoms with van der Waals surface area (Å²) in [6.45, 7) is 7.71. The minimum atomic E-state index is -0.0601. The maximum atomic E-state index is 12.4. The van der Waals surface area contributed by atoms with Crippen molar-refractivity contribution < 1.29 is 9.53 Å². The minimum Gasteiger partial charge on any atom is -0.478 e. The van der Waals surface area contributed by atoms with Crippen LogP contribution in [0.1, 0.15) is 26.2 Å². The number of nitrogens with one attached hydrogen (secondary N) is 1. The van der Waals surface area contributed by atoms with Gasteiger partial charge in [0.05, 0.1) is 6.61 Å². The number of anilines is 1. The Labute approximate surface area is 137 Å². The molecule has 0 bridgehead atoms. The van der Waals surface area contributed by atoms with Gasteiger partial charge in [-0.15, -0.1) is 0 Å². The molecular weight excluding hydrogens is 292 g/mol. The summed E-state index contributed by atoms with van der Waals surface area (Å²) in [6.07, 6.45) is 3.73. The van der Waals surface area contributed by atoms with Crippen molar-refractivity contribution >= 4 is 11.8 Å². The first-order valence-corrected chi connectivity index (χ1v) is 8.62. The van der Waals surface area contributed by atoms with E-state index in [0.29, 0.717) is 24.2 Å². The van der Waals surface area contributed by atoms with E-state index in [4.69, 9.17) is 4.74 Å². The molecule has 1 unspecified atom stereocenters. The van der Waals surface area contributed by atoms with E-state index >= 15 is 0 Å². The van der Waals surface area contributed by atoms with Gasteiger partial charge >= 0.3 is 6.03 Å². The third kappa shape index (κ3) is 4.34. The number of carbonyl (C=O) groups is 1. The van der Waals surface area contributed by atoms with E-state index in [2.05, 4.69) is 15.2 Å². The zero-order chi connectivity index (χ0) is 16.1. The van der Waals surface area contributed by atoms with E-state index in [9.17, 15) is 4.79 Å². The molecule has 0 spiro atoms. The average Bonchev–Trinajstić information content (AvgIpc) is 3.20. The van der Waals surface area contributed by atoms with Crippen molar-refractivity contribution in [2.75, 3.05) is 44.6 Å². The van der Waals surface area contributed by atoms with Gasteiger partial charge < -0.3 is 14.5 Å². The van der Waals surface area contributed by atoms with Crippen LogP contribution in [0.3, 0.4) is 0 Å². The van der Waals surface area contributed by atoms with E-state index in [0.717, 1.165) is 26.1 Å². The fourth-order valence-electron chi connectivity index (χ4n) is 3.40. The molecule has 2 aliphatic rings. The summed E-state index contributed by atoms with van der Waals surface area (Å²) < 4.78 is 5.36. The van der Waals surface area contributed by atoms with E-state index in [1.54, 1.807) is 12.1 Å². The monoisotopic (exact) mass is 318 g/mol. The molecular formula is C17H26N4O2. The summed E-state index contributed by atoms with van der Waals surface area (Å²) >= 11 is 0. The topological polar surface area (TPSA) is 57.7 Å². The number of amides is 2. The molecule has 1 aromatic rings. The molecule has 2 amide bonds. The van der Waals surface area contributed by atoms with Gasteiger partial charge in [-0.3, -0.25) is 5.32 Å². The predicted molar refractivity (Wildman–Crippen MR) is 89.8 cm³/mol. The molecule has 3 heterocycles. The molecule has 0 saturated carbocycles. The number of carbonyl (C=O) groups excluding carboxylic acids is 1. The second-order valence-corrected chi connectivity index (χ2v) is 6.33. The van der Waals surface area contributed by atoms with Crippen LogP contribution in [-0.2, 0) is 0 Å². The number of hydrogen-bond donors (Lipinski definition) is 1. The molecule has 2 saturated heterocycles. The van der Waals surface area contributed by atoms with E-state index in [1.807, 2.05) is 17.9 Å². The van der Waals surface area contributed by atoms with Crippen molar-refractivity contribution in [3.8, 4) is 5.88 Å². The Bertz CT molecular complexity index is 531. The number of likely N-dealkylation sites (tertiary alicyclic amines) is 2. The second kappa shape index (κ2) is 7.64. The molecule has 3 rings (SSSR count). The lowest BCUT2D eigenvalue weighted by atomic mass is 10.1. The molecule has 1 aromatic heterocycles. The zero-order valence-electron chi connectivity index (χ0n) is 13.8. The number of rotatable bonds is 5. The standard InChI is InChI=1S/C17H26N4O2/c1-2-23-16-7-5-6-15(18-16)19-17(22)21-11-8-14(13-21)12-20-9-3-4-10-20/h5-7,14H,2-4,8-13H2,1H3,(H,18,19,22). The summed E-state index contributed by atoms with van der Waals surface area (Å²) in [5.41, 5.74) is 0. The highest BCUT2D eigenvalue weighted by atomic mass is 16.5. The predicted octanol–water partition coefficient (Wildman–Crippen LogP) is 2.43. The van der Waals surface area contributed by atoms with Crippen LogP contribution in [0.5, 0.6) is 5.88 Å². The summed E-state index contributed by atoms with van der Waals surface area (Å²) in [7, 11) is 0. The number of hydrogen-bond acceptors (Lipinski definition) is 4. The fourth-order valence-corrected chi connectivity index (χ4v) is 3.40. The van der Waals surface area contributed by atoms with E-state index in [1.165, 1.54) is 25.9 Å². The lowest BCUT2D eigenvalue weighted by molar-refractivity contribution is 0.217. The van der Waals surface area contributed by atoms with Crippen molar-refractivity contribution in [1.29, 1.82) is 0 Å². The molecule has 23 heavy (non-hydrogen) atoms. The Morgan fingerprint density at radius 3 is 2.96 bits per heavy atom. The number of ether oxygens (including phenoxy) is 1. The summed E-state index contributed by atoms with van der Waals surface area (Å²) in [5, 5.41) is 2.88. The normalized spacial score (nSPS) is 21.6. The maximum absolute atomic E-state index is 12.4. The highest BCUT2D eigenvalue weighted by Gasteiger charge is 2.28. The third-order valence-corrected chi connectivity index (χ3v) is 4.54. The van der Waals surface area contributed by atoms with Crippen molar-refractivity contribution in [2.45, 2.75) is 26.2 Å². The van der Waals surface area contributed by atoms with E-state index in [-0.39, 0.29) is 6.03 Å². The van der Waals surface area contributed by atoms with Gasteiger partial charge in [-0.25, -0.2) is 4.79 Å². The van der Waals surface area contributed by atoms with Gasteiger partial charge in [-0.05, 0) is 51.3 Å². The molecule has 0 radical (unpaired) electrons. The zero-order valence-corrected chi connectivity index (χ0v) is 13.8. The molecule has 6 nitrogen and oxygen atoms in total. The van der Waals surface area contributed by atoms with Crippen molar-refractivity contribution in [3.63, 3.8) is 0 Å². The number of nitrogens with zero attached hydrogens (tertiary/aromatic N) is 3. The number of urea groups is 1. The van der Waals surface area contributed by atoms with Gasteiger partial charge in [0.25, 0.3) is 0 Å². The Balaban J connectivity index is 1.49. The first-order valence-electron chi connectivity index (χ1n) is 8.62. The maximum Gasteiger partial charge on any atom is 0.323 e. The molecule has 2 fully saturated rings. The summed E-state index contributed by atoms with van der Waals surface area (Å²) in [4.78, 5) is 21.1. The van der Waals surface area contributed by atoms with Crippen LogP contribution in [0.4, 0.5) is 10.6 Å². The number of aromatic nitrogens is 1. The van der Waals surface area contributed by atoms with Gasteiger partial charge in [0.15, 0.2) is 0 Å². The number of pyridine rings is 1. The van der Waals surface area contributed by atoms with Gasteiger partial charge in [0.2, 0.25) is 5.88 Å². The fraction of sp³-hybridized carbons (Fsp3) is 0.647. The molecule has 1 atom stereocenters. The Morgan fingerprint density at radius 1 is 1.35 bits per heavy atom. The highest BCUT2D eigenvalue weighted by molar-refractivity contribution is 5.88. The van der Waals surface area contributed by atoms with Gasteiger partial charge in [-0.2, -0.15) is 4.98 Å². The van der Waals surface area contributed by atoms with E-state index < -0.39 is 0 Å². The molecule has 126 valence electrons. The smallest absolute Gasteiger partial charge is 0.323 e. The molecule has 1 N–H and O–H groups in total. The Hall–Kier alpha value is -1.82. The average molecular weight is 318 g/mol. The van der Waals surface area contributed by atoms with Crippen LogP contribution in [0.15, 0.2) is 18.2 Å². The van der Waals surface area contributed by atoms with Crippen LogP contribution in [0, 0.1) is 5.92 Å². The first kappa shape index (κ1) is 16.1. The quantitative estimate of drug-likeness (QED) is 0.906. The lowest BCUT2D eigenvalue weighted by Gasteiger charge is -2.20. The second-order valence-electron chi connectivity index (χ2n) is 6.33. The largest absolute Gasteiger partial charge is 0.478 e. The van der Waals surface area contributed by atoms with Crippen molar-refractivity contribution in [2.24, 2.45) is 5.92 Å². The van der Waals surface area contributed by atoms with Crippen LogP contribution in [-0.4, -0.2) is 60.1 Å². The van der Waals surface area contributed by atoms with Gasteiger partial charge in [-0.1, -0.05) is 6.07 Å². The summed E-state index contributed by atoms with van der Waals surface area (Å²) in [5.74, 6) is 1.68. The van der Waals surface area contributed by atoms with Crippen LogP contribution < -0.4 is 10.1 Å². The first-order chi connectivity index (χ1) is 11.2. The van der Waals surface area contributed by atoms with Gasteiger partial charge in [0.1, 0.15) is 5.82 Å². The van der Waals surface area contributed by atoms with Crippen molar-refractivity contribution in [1.82, 2.24) is 14.8 Å². The Kier molecular flexibility index (Phi) is 5.33. The molecule has 6 heteroatoms. The Morgan fingerprint density at radius 2 is 2.17 bits per heavy atom. The SMILES string of the molecule is CCOc1cccc(NC(=O)N2CCC(CN3CCCC3)C2)n1. The van der Waals surface area contributed by atoms with Crippen LogP contribution in [0.25, 0.3) is 0 Å². The lowest BCUT2D eigenvalue weighted by Crippen LogP contribution is -2.35. The highest BCUT2D eigenvalue weighted by Crippen LogP contribution is 2.21. The van der Waals surface area contributed by atoms with Gasteiger partial charge in [0, 0.05) is 25.7 Å². The van der Waals surface area contributed by atoms with Crippen LogP contribution in [0.2, 0.25) is 0 Å². The van der Waals surface area contributed by atoms with Crippen molar-refractivity contribution in [3.05, 3.63) is 18.2 Å². The molecule has 2 aliphatic heterocycles. The summed E-state index contributed by atoms with van der Waals surface area (Å²) in [6, 6.07) is 5.36. The minimum absolute atomic E-state index is 0.0601. The molecule has 0 aromatic carbocycles.